The van der Waals surface area contributed by atoms with Crippen LogP contribution in [0.2, 0.25) is 0 Å². The quantitative estimate of drug-likeness (QED) is 0.762. The van der Waals surface area contributed by atoms with E-state index in [4.69, 9.17) is 9.47 Å². The van der Waals surface area contributed by atoms with Gasteiger partial charge in [-0.05, 0) is 17.0 Å². The largest absolute Gasteiger partial charge is 0.496 e. The normalized spacial score (nSPS) is 20.6. The van der Waals surface area contributed by atoms with Crippen LogP contribution >= 0.6 is 0 Å². The lowest BCUT2D eigenvalue weighted by Crippen LogP contribution is -2.29. The molecule has 1 saturated heterocycles. The maximum Gasteiger partial charge on any atom is 0.157 e. The second-order valence-electron chi connectivity index (χ2n) is 6.74. The molecule has 2 atom stereocenters. The number of methoxy groups -OCH3 is 1. The number of hydrogen-bond donors (Lipinski definition) is 1. The highest BCUT2D eigenvalue weighted by Gasteiger charge is 2.33. The maximum absolute atomic E-state index is 10.4. The zero-order valence-electron chi connectivity index (χ0n) is 15.0. The van der Waals surface area contributed by atoms with Gasteiger partial charge in [0.05, 0.1) is 19.5 Å². The van der Waals surface area contributed by atoms with Gasteiger partial charge in [0.2, 0.25) is 0 Å². The van der Waals surface area contributed by atoms with Crippen molar-refractivity contribution in [2.24, 2.45) is 7.05 Å². The molecule has 0 aliphatic carbocycles. The Morgan fingerprint density at radius 3 is 2.69 bits per heavy atom. The number of aliphatic hydroxyl groups is 1. The molecular formula is C20H23N3O3. The Kier molecular flexibility index (Phi) is 4.53. The van der Waals surface area contributed by atoms with Crippen LogP contribution in [0, 0.1) is 0 Å². The fourth-order valence-electron chi connectivity index (χ4n) is 3.60. The molecule has 1 aromatic heterocycles. The van der Waals surface area contributed by atoms with E-state index >= 15 is 0 Å². The topological polar surface area (TPSA) is 59.8 Å². The number of aromatic nitrogens is 2. The van der Waals surface area contributed by atoms with Gasteiger partial charge in [-0.1, -0.05) is 30.3 Å². The lowest BCUT2D eigenvalue weighted by molar-refractivity contribution is 0.0736. The van der Waals surface area contributed by atoms with Gasteiger partial charge in [-0.25, -0.2) is 0 Å². The molecule has 0 amide bonds. The third-order valence-corrected chi connectivity index (χ3v) is 4.87. The van der Waals surface area contributed by atoms with Gasteiger partial charge in [0.25, 0.3) is 0 Å². The first-order valence-corrected chi connectivity index (χ1v) is 8.74. The first-order chi connectivity index (χ1) is 12.6. The zero-order chi connectivity index (χ0) is 18.1. The number of rotatable bonds is 5. The molecule has 4 rings (SSSR count). The summed E-state index contributed by atoms with van der Waals surface area (Å²) < 4.78 is 13.1. The number of likely N-dealkylation sites (tertiary alicyclic amines) is 1. The highest BCUT2D eigenvalue weighted by Crippen LogP contribution is 2.30. The van der Waals surface area contributed by atoms with Gasteiger partial charge >= 0.3 is 0 Å². The van der Waals surface area contributed by atoms with Crippen LogP contribution < -0.4 is 9.47 Å². The number of ether oxygens (including phenoxy) is 2. The van der Waals surface area contributed by atoms with Crippen molar-refractivity contribution in [1.82, 2.24) is 14.7 Å². The number of hydrogen-bond acceptors (Lipinski definition) is 5. The van der Waals surface area contributed by atoms with Crippen molar-refractivity contribution < 1.29 is 14.6 Å². The zero-order valence-corrected chi connectivity index (χ0v) is 15.0. The first kappa shape index (κ1) is 16.9. The summed E-state index contributed by atoms with van der Waals surface area (Å²) in [6.45, 7) is 2.02. The molecule has 0 spiro atoms. The summed E-state index contributed by atoms with van der Waals surface area (Å²) in [5, 5.41) is 16.8. The number of aryl methyl sites for hydroxylation is 1. The molecule has 26 heavy (non-hydrogen) atoms. The van der Waals surface area contributed by atoms with Gasteiger partial charge in [0.15, 0.2) is 5.75 Å². The summed E-state index contributed by atoms with van der Waals surface area (Å²) in [6, 6.07) is 12.4. The predicted octanol–water partition coefficient (Wildman–Crippen LogP) is 2.21. The van der Waals surface area contributed by atoms with E-state index in [9.17, 15) is 5.11 Å². The molecule has 0 saturated carbocycles. The molecule has 0 unspecified atom stereocenters. The van der Waals surface area contributed by atoms with Crippen molar-refractivity contribution in [3.63, 3.8) is 0 Å². The van der Waals surface area contributed by atoms with E-state index in [2.05, 4.69) is 28.2 Å². The molecule has 136 valence electrons. The van der Waals surface area contributed by atoms with Gasteiger partial charge in [0.1, 0.15) is 18.0 Å². The number of β-amino-alcohol motifs (C(OH)–C–C–N with tert-alkyl or cyclic N) is 1. The molecule has 1 aliphatic rings. The van der Waals surface area contributed by atoms with E-state index < -0.39 is 6.10 Å². The van der Waals surface area contributed by atoms with Crippen LogP contribution in [0.25, 0.3) is 10.8 Å². The molecule has 1 fully saturated rings. The monoisotopic (exact) mass is 353 g/mol. The average molecular weight is 353 g/mol. The van der Waals surface area contributed by atoms with E-state index in [-0.39, 0.29) is 6.10 Å². The highest BCUT2D eigenvalue weighted by atomic mass is 16.5. The van der Waals surface area contributed by atoms with Gasteiger partial charge in [-0.2, -0.15) is 5.10 Å². The summed E-state index contributed by atoms with van der Waals surface area (Å²) in [5.41, 5.74) is 1.22. The molecule has 0 radical (unpaired) electrons. The lowest BCUT2D eigenvalue weighted by atomic mass is 10.0. The smallest absolute Gasteiger partial charge is 0.157 e. The van der Waals surface area contributed by atoms with E-state index in [0.29, 0.717) is 18.8 Å². The van der Waals surface area contributed by atoms with E-state index in [0.717, 1.165) is 17.7 Å². The van der Waals surface area contributed by atoms with Crippen molar-refractivity contribution in [3.8, 4) is 11.5 Å². The van der Waals surface area contributed by atoms with Crippen LogP contribution in [0.1, 0.15) is 5.56 Å². The van der Waals surface area contributed by atoms with Crippen molar-refractivity contribution >= 4 is 10.8 Å². The Morgan fingerprint density at radius 2 is 1.96 bits per heavy atom. The highest BCUT2D eigenvalue weighted by molar-refractivity contribution is 5.91. The van der Waals surface area contributed by atoms with Crippen LogP contribution in [-0.2, 0) is 13.6 Å². The maximum atomic E-state index is 10.4. The van der Waals surface area contributed by atoms with E-state index in [1.165, 1.54) is 10.9 Å². The molecule has 6 heteroatoms. The van der Waals surface area contributed by atoms with Gasteiger partial charge < -0.3 is 14.6 Å². The van der Waals surface area contributed by atoms with Gasteiger partial charge in [-0.3, -0.25) is 9.58 Å². The SMILES string of the molecule is COc1ccc(CN2C[C@@H](O)[C@H](Oc3cnn(C)c3)C2)c2ccccc12. The first-order valence-electron chi connectivity index (χ1n) is 8.74. The standard InChI is InChI=1S/C20H23N3O3/c1-22-11-15(9-21-22)26-20-13-23(12-18(20)24)10-14-7-8-19(25-2)17-6-4-3-5-16(14)17/h3-9,11,18,20,24H,10,12-13H2,1-2H3/t18-,20-/m1/s1. The minimum atomic E-state index is -0.514. The van der Waals surface area contributed by atoms with Crippen LogP contribution in [-0.4, -0.2) is 52.2 Å². The van der Waals surface area contributed by atoms with Crippen molar-refractivity contribution in [2.45, 2.75) is 18.8 Å². The molecule has 0 bridgehead atoms. The van der Waals surface area contributed by atoms with Crippen molar-refractivity contribution in [2.75, 3.05) is 20.2 Å². The number of aliphatic hydroxyl groups excluding tert-OH is 1. The number of benzene rings is 2. The van der Waals surface area contributed by atoms with Crippen LogP contribution in [0.15, 0.2) is 48.8 Å². The summed E-state index contributed by atoms with van der Waals surface area (Å²) >= 11 is 0. The Balaban J connectivity index is 1.51. The van der Waals surface area contributed by atoms with Crippen LogP contribution in [0.5, 0.6) is 11.5 Å². The second-order valence-corrected chi connectivity index (χ2v) is 6.74. The van der Waals surface area contributed by atoms with E-state index in [1.54, 1.807) is 18.0 Å². The Hall–Kier alpha value is -2.57. The van der Waals surface area contributed by atoms with Gasteiger partial charge in [0, 0.05) is 32.1 Å². The minimum Gasteiger partial charge on any atom is -0.496 e. The third-order valence-electron chi connectivity index (χ3n) is 4.87. The molecule has 2 heterocycles. The number of fused-ring (bicyclic) bond motifs is 1. The molecule has 1 aliphatic heterocycles. The Morgan fingerprint density at radius 1 is 1.15 bits per heavy atom. The van der Waals surface area contributed by atoms with Crippen LogP contribution in [0.3, 0.4) is 0 Å². The molecule has 1 N–H and O–H groups in total. The lowest BCUT2D eigenvalue weighted by Gasteiger charge is -2.18. The fourth-order valence-corrected chi connectivity index (χ4v) is 3.60. The summed E-state index contributed by atoms with van der Waals surface area (Å²) in [4.78, 5) is 2.22. The van der Waals surface area contributed by atoms with Crippen molar-refractivity contribution in [3.05, 3.63) is 54.4 Å². The van der Waals surface area contributed by atoms with Crippen molar-refractivity contribution in [1.29, 1.82) is 0 Å². The second kappa shape index (κ2) is 6.97. The van der Waals surface area contributed by atoms with Gasteiger partial charge in [-0.15, -0.1) is 0 Å². The molecule has 6 nitrogen and oxygen atoms in total. The fraction of sp³-hybridized carbons (Fsp3) is 0.350. The Labute approximate surface area is 152 Å². The third kappa shape index (κ3) is 3.25. The van der Waals surface area contributed by atoms with E-state index in [1.807, 2.05) is 31.4 Å². The molecule has 2 aromatic carbocycles. The summed E-state index contributed by atoms with van der Waals surface area (Å²) in [7, 11) is 3.54. The molecular weight excluding hydrogens is 330 g/mol. The molecule has 3 aromatic rings. The average Bonchev–Trinajstić information content (AvgIpc) is 3.21. The summed E-state index contributed by atoms with van der Waals surface area (Å²) in [5.74, 6) is 1.57. The number of nitrogens with zero attached hydrogens (tertiary/aromatic N) is 3. The van der Waals surface area contributed by atoms with Crippen LogP contribution in [0.4, 0.5) is 0 Å². The Bertz CT molecular complexity index is 908. The minimum absolute atomic E-state index is 0.247. The predicted molar refractivity (Wildman–Crippen MR) is 99.4 cm³/mol. The summed E-state index contributed by atoms with van der Waals surface area (Å²) in [6.07, 6.45) is 2.72.